The molecule has 13 heteroatoms. The highest BCUT2D eigenvalue weighted by Crippen LogP contribution is 2.36. The van der Waals surface area contributed by atoms with Gasteiger partial charge in [0, 0.05) is 17.2 Å². The SMILES string of the molecule is COc1ccc(F)cc1C(=O)C1=NC=C(Cl)C(C)C1NS(=O)(=O)c1ccc(Cl)c(C(F)(F)F)c1. The maximum atomic E-state index is 13.8. The number of aliphatic imine (C=N–C) groups is 1. The van der Waals surface area contributed by atoms with Crippen LogP contribution in [0.4, 0.5) is 17.6 Å². The first-order valence-electron chi connectivity index (χ1n) is 9.47. The Morgan fingerprint density at radius 2 is 1.82 bits per heavy atom. The van der Waals surface area contributed by atoms with Gasteiger partial charge in [0.2, 0.25) is 15.8 Å². The monoisotopic (exact) mass is 538 g/mol. The Morgan fingerprint density at radius 1 is 1.15 bits per heavy atom. The second-order valence-electron chi connectivity index (χ2n) is 7.23. The molecule has 2 aromatic carbocycles. The van der Waals surface area contributed by atoms with Crippen molar-refractivity contribution in [2.24, 2.45) is 10.9 Å². The molecule has 2 aromatic rings. The summed E-state index contributed by atoms with van der Waals surface area (Å²) in [4.78, 5) is 16.4. The molecule has 0 aliphatic carbocycles. The second-order valence-corrected chi connectivity index (χ2v) is 9.79. The largest absolute Gasteiger partial charge is 0.496 e. The lowest BCUT2D eigenvalue weighted by Gasteiger charge is -2.28. The number of carbonyl (C=O) groups excluding carboxylic acids is 1. The van der Waals surface area contributed by atoms with Gasteiger partial charge in [0.25, 0.3) is 0 Å². The van der Waals surface area contributed by atoms with E-state index in [0.717, 1.165) is 30.5 Å². The Hall–Kier alpha value is -2.47. The van der Waals surface area contributed by atoms with Crippen LogP contribution in [0, 0.1) is 11.7 Å². The average Bonchev–Trinajstić information content (AvgIpc) is 2.76. The summed E-state index contributed by atoms with van der Waals surface area (Å²) in [6, 6.07) is 3.86. The number of ether oxygens (including phenoxy) is 1. The molecule has 0 saturated heterocycles. The fourth-order valence-electron chi connectivity index (χ4n) is 3.20. The van der Waals surface area contributed by atoms with Gasteiger partial charge in [-0.2, -0.15) is 13.2 Å². The van der Waals surface area contributed by atoms with Crippen molar-refractivity contribution in [3.63, 3.8) is 0 Å². The number of alkyl halides is 3. The van der Waals surface area contributed by atoms with Crippen molar-refractivity contribution in [2.45, 2.75) is 24.0 Å². The van der Waals surface area contributed by atoms with E-state index in [1.54, 1.807) is 0 Å². The summed E-state index contributed by atoms with van der Waals surface area (Å²) in [6.07, 6.45) is -3.76. The fourth-order valence-corrected chi connectivity index (χ4v) is 4.91. The van der Waals surface area contributed by atoms with Crippen molar-refractivity contribution < 1.29 is 35.5 Å². The van der Waals surface area contributed by atoms with Crippen LogP contribution in [0.2, 0.25) is 5.02 Å². The molecule has 0 saturated carbocycles. The number of nitrogens with zero attached hydrogens (tertiary/aromatic N) is 1. The third-order valence-electron chi connectivity index (χ3n) is 5.03. The summed E-state index contributed by atoms with van der Waals surface area (Å²) in [5.74, 6) is -2.43. The average molecular weight is 539 g/mol. The number of sulfonamides is 1. The number of methoxy groups -OCH3 is 1. The molecular formula is C21H16Cl2F4N2O4S. The molecule has 1 N–H and O–H groups in total. The van der Waals surface area contributed by atoms with E-state index in [1.807, 2.05) is 0 Å². The van der Waals surface area contributed by atoms with E-state index in [4.69, 9.17) is 27.9 Å². The fraction of sp³-hybridized carbons (Fsp3) is 0.238. The predicted octanol–water partition coefficient (Wildman–Crippen LogP) is 5.21. The van der Waals surface area contributed by atoms with Crippen LogP contribution in [0.15, 0.2) is 57.5 Å². The molecule has 2 atom stereocenters. The van der Waals surface area contributed by atoms with E-state index in [2.05, 4.69) is 9.71 Å². The van der Waals surface area contributed by atoms with Gasteiger partial charge in [0.1, 0.15) is 17.3 Å². The number of benzene rings is 2. The van der Waals surface area contributed by atoms with Crippen LogP contribution >= 0.6 is 23.2 Å². The van der Waals surface area contributed by atoms with Crippen molar-refractivity contribution in [1.29, 1.82) is 0 Å². The minimum absolute atomic E-state index is 0.0107. The number of carbonyl (C=O) groups is 1. The number of Topliss-reactive ketones (excluding diaryl/α,β-unsaturated/α-hetero) is 1. The number of hydrogen-bond donors (Lipinski definition) is 1. The predicted molar refractivity (Wildman–Crippen MR) is 118 cm³/mol. The van der Waals surface area contributed by atoms with Crippen LogP contribution in [-0.4, -0.2) is 33.1 Å². The second kappa shape index (κ2) is 9.65. The van der Waals surface area contributed by atoms with Crippen molar-refractivity contribution >= 4 is 44.7 Å². The van der Waals surface area contributed by atoms with Gasteiger partial charge in [-0.25, -0.2) is 17.5 Å². The Kier molecular flexibility index (Phi) is 7.42. The summed E-state index contributed by atoms with van der Waals surface area (Å²) in [5.41, 5.74) is -1.93. The van der Waals surface area contributed by atoms with Crippen LogP contribution in [-0.2, 0) is 16.2 Å². The van der Waals surface area contributed by atoms with Crippen molar-refractivity contribution in [1.82, 2.24) is 4.72 Å². The van der Waals surface area contributed by atoms with E-state index in [9.17, 15) is 30.8 Å². The zero-order chi connectivity index (χ0) is 25.4. The van der Waals surface area contributed by atoms with Crippen molar-refractivity contribution in [3.05, 3.63) is 69.6 Å². The third-order valence-corrected chi connectivity index (χ3v) is 7.24. The molecule has 1 aliphatic rings. The van der Waals surface area contributed by atoms with Crippen LogP contribution in [0.1, 0.15) is 22.8 Å². The molecule has 0 bridgehead atoms. The maximum absolute atomic E-state index is 13.8. The minimum Gasteiger partial charge on any atom is -0.496 e. The first-order valence-corrected chi connectivity index (χ1v) is 11.7. The topological polar surface area (TPSA) is 84.8 Å². The first-order chi connectivity index (χ1) is 15.8. The van der Waals surface area contributed by atoms with Gasteiger partial charge in [-0.1, -0.05) is 30.1 Å². The lowest BCUT2D eigenvalue weighted by atomic mass is 9.91. The smallest absolute Gasteiger partial charge is 0.417 e. The lowest BCUT2D eigenvalue weighted by molar-refractivity contribution is -0.137. The van der Waals surface area contributed by atoms with Crippen LogP contribution in [0.3, 0.4) is 0 Å². The molecule has 2 unspecified atom stereocenters. The Labute approximate surface area is 202 Å². The van der Waals surface area contributed by atoms with Crippen molar-refractivity contribution in [2.75, 3.05) is 7.11 Å². The molecule has 1 aliphatic heterocycles. The molecule has 3 rings (SSSR count). The Morgan fingerprint density at radius 3 is 2.44 bits per heavy atom. The molecule has 0 aromatic heterocycles. The molecular weight excluding hydrogens is 523 g/mol. The molecule has 6 nitrogen and oxygen atoms in total. The van der Waals surface area contributed by atoms with E-state index in [0.29, 0.717) is 6.07 Å². The van der Waals surface area contributed by atoms with Gasteiger partial charge in [-0.3, -0.25) is 9.79 Å². The minimum atomic E-state index is -4.90. The number of halogens is 6. The normalized spacial score (nSPS) is 18.8. The number of rotatable bonds is 6. The maximum Gasteiger partial charge on any atom is 0.417 e. The molecule has 0 fully saturated rings. The molecule has 0 radical (unpaired) electrons. The molecule has 0 amide bonds. The quantitative estimate of drug-likeness (QED) is 0.404. The highest BCUT2D eigenvalue weighted by Gasteiger charge is 2.38. The summed E-state index contributed by atoms with van der Waals surface area (Å²) >= 11 is 11.7. The third kappa shape index (κ3) is 5.27. The van der Waals surface area contributed by atoms with Crippen molar-refractivity contribution in [3.8, 4) is 5.75 Å². The molecule has 34 heavy (non-hydrogen) atoms. The summed E-state index contributed by atoms with van der Waals surface area (Å²) < 4.78 is 86.7. The summed E-state index contributed by atoms with van der Waals surface area (Å²) in [6.45, 7) is 1.49. The zero-order valence-electron chi connectivity index (χ0n) is 17.5. The van der Waals surface area contributed by atoms with E-state index >= 15 is 0 Å². The number of hydrogen-bond acceptors (Lipinski definition) is 5. The lowest BCUT2D eigenvalue weighted by Crippen LogP contribution is -2.49. The first kappa shape index (κ1) is 26.1. The van der Waals surface area contributed by atoms with Gasteiger partial charge in [0.15, 0.2) is 0 Å². The van der Waals surface area contributed by atoms with E-state index in [1.165, 1.54) is 20.1 Å². The van der Waals surface area contributed by atoms with Gasteiger partial charge in [-0.15, -0.1) is 0 Å². The summed E-state index contributed by atoms with van der Waals surface area (Å²) in [5, 5.41) is -0.596. The van der Waals surface area contributed by atoms with Crippen LogP contribution < -0.4 is 9.46 Å². The number of ketones is 1. The highest BCUT2D eigenvalue weighted by atomic mass is 35.5. The van der Waals surface area contributed by atoms with Gasteiger partial charge in [0.05, 0.1) is 34.2 Å². The standard InChI is InChI=1S/C21H16Cl2F4N2O4S/c1-10-16(23)9-28-19(20(30)13-7-11(24)3-6-17(13)33-2)18(10)29-34(31,32)12-4-5-15(22)14(8-12)21(25,26)27/h3-10,18,29H,1-2H3. The van der Waals surface area contributed by atoms with E-state index < -0.39 is 55.2 Å². The van der Waals surface area contributed by atoms with Crippen LogP contribution in [0.5, 0.6) is 5.75 Å². The van der Waals surface area contributed by atoms with E-state index in [-0.39, 0.29) is 22.1 Å². The number of nitrogens with one attached hydrogen (secondary N) is 1. The molecule has 182 valence electrons. The highest BCUT2D eigenvalue weighted by molar-refractivity contribution is 7.89. The Bertz CT molecular complexity index is 1310. The molecule has 1 heterocycles. The summed E-state index contributed by atoms with van der Waals surface area (Å²) in [7, 11) is -3.37. The molecule has 0 spiro atoms. The zero-order valence-corrected chi connectivity index (χ0v) is 19.8. The van der Waals surface area contributed by atoms with Crippen LogP contribution in [0.25, 0.3) is 0 Å². The Balaban J connectivity index is 2.04. The van der Waals surface area contributed by atoms with Gasteiger partial charge >= 0.3 is 6.18 Å². The van der Waals surface area contributed by atoms with Gasteiger partial charge in [-0.05, 0) is 36.4 Å². The van der Waals surface area contributed by atoms with Gasteiger partial charge < -0.3 is 4.74 Å².